The summed E-state index contributed by atoms with van der Waals surface area (Å²) in [4.78, 5) is 14.9. The number of halogens is 2. The van der Waals surface area contributed by atoms with Gasteiger partial charge in [-0.25, -0.2) is 4.98 Å². The highest BCUT2D eigenvalue weighted by Crippen LogP contribution is 2.37. The summed E-state index contributed by atoms with van der Waals surface area (Å²) < 4.78 is 5.70. The van der Waals surface area contributed by atoms with Crippen molar-refractivity contribution in [2.75, 3.05) is 6.61 Å². The number of ether oxygens (including phenoxy) is 1. The van der Waals surface area contributed by atoms with Crippen LogP contribution in [0.5, 0.6) is 5.75 Å². The minimum Gasteiger partial charge on any atom is -0.490 e. The van der Waals surface area contributed by atoms with Crippen LogP contribution >= 0.6 is 23.2 Å². The van der Waals surface area contributed by atoms with Crippen molar-refractivity contribution in [3.63, 3.8) is 0 Å². The minimum absolute atomic E-state index is 0.135. The maximum Gasteiger partial charge on any atom is 0.303 e. The molecule has 0 aliphatic carbocycles. The molecule has 0 aliphatic heterocycles. The first-order chi connectivity index (χ1) is 9.99. The van der Waals surface area contributed by atoms with E-state index >= 15 is 0 Å². The molecule has 0 unspecified atom stereocenters. The second kappa shape index (κ2) is 6.96. The van der Waals surface area contributed by atoms with Crippen LogP contribution in [0.3, 0.4) is 0 Å². The molecule has 6 heteroatoms. The second-order valence-electron chi connectivity index (χ2n) is 4.72. The Morgan fingerprint density at radius 3 is 2.76 bits per heavy atom. The Balaban J connectivity index is 2.18. The number of carbonyl (C=O) groups is 1. The van der Waals surface area contributed by atoms with E-state index in [9.17, 15) is 4.79 Å². The maximum atomic E-state index is 10.4. The third-order valence-electron chi connectivity index (χ3n) is 3.01. The van der Waals surface area contributed by atoms with Crippen LogP contribution in [0.25, 0.3) is 10.9 Å². The largest absolute Gasteiger partial charge is 0.490 e. The summed E-state index contributed by atoms with van der Waals surface area (Å²) in [6, 6.07) is 5.39. The molecule has 0 fully saturated rings. The predicted molar refractivity (Wildman–Crippen MR) is 83.5 cm³/mol. The topological polar surface area (TPSA) is 59.4 Å². The number of hydrogen-bond donors (Lipinski definition) is 1. The molecule has 2 aromatic rings. The molecular formula is C15H15Cl2NO3. The Kier molecular flexibility index (Phi) is 5.26. The molecule has 4 nitrogen and oxygen atoms in total. The number of aliphatic carboxylic acids is 1. The van der Waals surface area contributed by atoms with Gasteiger partial charge in [0, 0.05) is 17.5 Å². The zero-order valence-electron chi connectivity index (χ0n) is 11.5. The molecular weight excluding hydrogens is 313 g/mol. The molecule has 112 valence electrons. The zero-order chi connectivity index (χ0) is 15.4. The number of carboxylic acid groups (broad SMARTS) is 1. The molecule has 1 N–H and O–H groups in total. The van der Waals surface area contributed by atoms with E-state index in [1.165, 1.54) is 0 Å². The predicted octanol–water partition coefficient (Wildman–Crippen LogP) is 4.48. The van der Waals surface area contributed by atoms with Gasteiger partial charge in [0.25, 0.3) is 0 Å². The zero-order valence-corrected chi connectivity index (χ0v) is 13.0. The van der Waals surface area contributed by atoms with Crippen LogP contribution in [0, 0.1) is 6.92 Å². The molecule has 1 aromatic heterocycles. The lowest BCUT2D eigenvalue weighted by atomic mass is 10.2. The van der Waals surface area contributed by atoms with Gasteiger partial charge in [-0.2, -0.15) is 0 Å². The van der Waals surface area contributed by atoms with E-state index in [1.54, 1.807) is 6.07 Å². The third-order valence-corrected chi connectivity index (χ3v) is 3.60. The SMILES string of the molecule is Cc1ccc2c(Cl)cc(Cl)c(OCCCCC(=O)O)c2n1. The summed E-state index contributed by atoms with van der Waals surface area (Å²) in [6.07, 6.45) is 1.33. The van der Waals surface area contributed by atoms with Crippen LogP contribution in [0.1, 0.15) is 25.0 Å². The van der Waals surface area contributed by atoms with E-state index in [-0.39, 0.29) is 6.42 Å². The minimum atomic E-state index is -0.803. The van der Waals surface area contributed by atoms with Gasteiger partial charge in [-0.3, -0.25) is 4.79 Å². The fraction of sp³-hybridized carbons (Fsp3) is 0.333. The van der Waals surface area contributed by atoms with Gasteiger partial charge < -0.3 is 9.84 Å². The molecule has 0 atom stereocenters. The Hall–Kier alpha value is -1.52. The van der Waals surface area contributed by atoms with Gasteiger partial charge in [-0.1, -0.05) is 23.2 Å². The van der Waals surface area contributed by atoms with E-state index in [4.69, 9.17) is 33.0 Å². The molecule has 21 heavy (non-hydrogen) atoms. The van der Waals surface area contributed by atoms with E-state index in [0.717, 1.165) is 11.1 Å². The van der Waals surface area contributed by atoms with Crippen LogP contribution in [-0.2, 0) is 4.79 Å². The quantitative estimate of drug-likeness (QED) is 0.794. The molecule has 1 aromatic carbocycles. The smallest absolute Gasteiger partial charge is 0.303 e. The first-order valence-corrected chi connectivity index (χ1v) is 7.34. The summed E-state index contributed by atoms with van der Waals surface area (Å²) in [5.41, 5.74) is 1.47. The van der Waals surface area contributed by atoms with Gasteiger partial charge in [-0.15, -0.1) is 0 Å². The maximum absolute atomic E-state index is 10.4. The molecule has 0 amide bonds. The monoisotopic (exact) mass is 327 g/mol. The lowest BCUT2D eigenvalue weighted by molar-refractivity contribution is -0.137. The van der Waals surface area contributed by atoms with Crippen LogP contribution in [-0.4, -0.2) is 22.7 Å². The molecule has 0 radical (unpaired) electrons. The van der Waals surface area contributed by atoms with Crippen molar-refractivity contribution >= 4 is 40.1 Å². The number of rotatable bonds is 6. The molecule has 0 aliphatic rings. The Bertz CT molecular complexity index is 674. The van der Waals surface area contributed by atoms with Crippen molar-refractivity contribution in [2.45, 2.75) is 26.2 Å². The average molecular weight is 328 g/mol. The van der Waals surface area contributed by atoms with E-state index in [0.29, 0.717) is 40.8 Å². The number of carboxylic acids is 1. The standard InChI is InChI=1S/C15H15Cl2NO3/c1-9-5-6-10-11(16)8-12(17)15(14(10)18-9)21-7-3-2-4-13(19)20/h5-6,8H,2-4,7H2,1H3,(H,19,20). The molecule has 2 rings (SSSR count). The number of aryl methyl sites for hydroxylation is 1. The Morgan fingerprint density at radius 1 is 1.29 bits per heavy atom. The van der Waals surface area contributed by atoms with Crippen LogP contribution < -0.4 is 4.74 Å². The number of pyridine rings is 1. The fourth-order valence-electron chi connectivity index (χ4n) is 1.98. The molecule has 1 heterocycles. The van der Waals surface area contributed by atoms with E-state index in [1.807, 2.05) is 19.1 Å². The number of fused-ring (bicyclic) bond motifs is 1. The number of benzene rings is 1. The number of aromatic nitrogens is 1. The van der Waals surface area contributed by atoms with Crippen LogP contribution in [0.15, 0.2) is 18.2 Å². The van der Waals surface area contributed by atoms with Gasteiger partial charge in [-0.05, 0) is 38.0 Å². The Morgan fingerprint density at radius 2 is 2.05 bits per heavy atom. The fourth-order valence-corrected chi connectivity index (χ4v) is 2.55. The van der Waals surface area contributed by atoms with Crippen molar-refractivity contribution in [3.8, 4) is 5.75 Å². The Labute approximate surface area is 132 Å². The highest BCUT2D eigenvalue weighted by molar-refractivity contribution is 6.39. The number of nitrogens with zero attached hydrogens (tertiary/aromatic N) is 1. The lowest BCUT2D eigenvalue weighted by Crippen LogP contribution is -2.02. The number of hydrogen-bond acceptors (Lipinski definition) is 3. The van der Waals surface area contributed by atoms with Gasteiger partial charge in [0.2, 0.25) is 0 Å². The van der Waals surface area contributed by atoms with Crippen molar-refractivity contribution in [1.82, 2.24) is 4.98 Å². The van der Waals surface area contributed by atoms with Gasteiger partial charge in [0.05, 0.1) is 16.7 Å². The normalized spacial score (nSPS) is 10.8. The molecule has 0 bridgehead atoms. The summed E-state index contributed by atoms with van der Waals surface area (Å²) in [5, 5.41) is 10.3. The van der Waals surface area contributed by atoms with Crippen molar-refractivity contribution < 1.29 is 14.6 Å². The molecule has 0 saturated carbocycles. The average Bonchev–Trinajstić information content (AvgIpc) is 2.41. The first-order valence-electron chi connectivity index (χ1n) is 6.59. The summed E-state index contributed by atoms with van der Waals surface area (Å²) in [5.74, 6) is -0.308. The van der Waals surface area contributed by atoms with Gasteiger partial charge in [0.1, 0.15) is 5.52 Å². The summed E-state index contributed by atoms with van der Waals surface area (Å²) in [6.45, 7) is 2.27. The third kappa shape index (κ3) is 3.99. The highest BCUT2D eigenvalue weighted by atomic mass is 35.5. The lowest BCUT2D eigenvalue weighted by Gasteiger charge is -2.12. The van der Waals surface area contributed by atoms with Gasteiger partial charge >= 0.3 is 5.97 Å². The van der Waals surface area contributed by atoms with E-state index < -0.39 is 5.97 Å². The first kappa shape index (κ1) is 15.9. The number of unbranched alkanes of at least 4 members (excludes halogenated alkanes) is 1. The van der Waals surface area contributed by atoms with Crippen molar-refractivity contribution in [1.29, 1.82) is 0 Å². The second-order valence-corrected chi connectivity index (χ2v) is 5.53. The van der Waals surface area contributed by atoms with Gasteiger partial charge in [0.15, 0.2) is 5.75 Å². The van der Waals surface area contributed by atoms with Crippen LogP contribution in [0.2, 0.25) is 10.0 Å². The van der Waals surface area contributed by atoms with Crippen molar-refractivity contribution in [2.24, 2.45) is 0 Å². The summed E-state index contributed by atoms with van der Waals surface area (Å²) >= 11 is 12.3. The van der Waals surface area contributed by atoms with Crippen LogP contribution in [0.4, 0.5) is 0 Å². The van der Waals surface area contributed by atoms with E-state index in [2.05, 4.69) is 4.98 Å². The summed E-state index contributed by atoms with van der Waals surface area (Å²) in [7, 11) is 0. The molecule has 0 spiro atoms. The highest BCUT2D eigenvalue weighted by Gasteiger charge is 2.13. The molecule has 0 saturated heterocycles. The van der Waals surface area contributed by atoms with Crippen molar-refractivity contribution in [3.05, 3.63) is 33.9 Å².